The average Bonchev–Trinajstić information content (AvgIpc) is 2.90. The van der Waals surface area contributed by atoms with E-state index in [1.165, 1.54) is 5.01 Å². The monoisotopic (exact) mass is 396 g/mol. The molecule has 5 heteroatoms. The Bertz CT molecular complexity index is 873. The number of carbonyl (C=O) groups excluding carboxylic acids is 1. The Morgan fingerprint density at radius 2 is 2.00 bits per heavy atom. The molecule has 0 atom stereocenters. The Morgan fingerprint density at radius 1 is 1.24 bits per heavy atom. The zero-order valence-electron chi connectivity index (χ0n) is 13.8. The van der Waals surface area contributed by atoms with Crippen molar-refractivity contribution in [2.45, 2.75) is 6.92 Å². The van der Waals surface area contributed by atoms with Gasteiger partial charge in [-0.2, -0.15) is 10.1 Å². The highest BCUT2D eigenvalue weighted by atomic mass is 79.9. The molecule has 0 radical (unpaired) electrons. The zero-order chi connectivity index (χ0) is 17.8. The van der Waals surface area contributed by atoms with E-state index in [0.717, 1.165) is 15.7 Å². The summed E-state index contributed by atoms with van der Waals surface area (Å²) in [4.78, 5) is 12.8. The third-order valence-corrected chi connectivity index (χ3v) is 4.18. The van der Waals surface area contributed by atoms with Crippen LogP contribution in [0.2, 0.25) is 0 Å². The van der Waals surface area contributed by atoms with Crippen LogP contribution in [0.1, 0.15) is 12.5 Å². The fourth-order valence-corrected chi connectivity index (χ4v) is 2.88. The molecule has 126 valence electrons. The number of ether oxygens (including phenoxy) is 1. The molecule has 0 unspecified atom stereocenters. The maximum absolute atomic E-state index is 12.8. The van der Waals surface area contributed by atoms with E-state index in [1.807, 2.05) is 61.5 Å². The largest absolute Gasteiger partial charge is 0.489 e. The fourth-order valence-electron chi connectivity index (χ4n) is 2.50. The van der Waals surface area contributed by atoms with Crippen LogP contribution in [-0.4, -0.2) is 18.2 Å². The van der Waals surface area contributed by atoms with Gasteiger partial charge in [-0.3, -0.25) is 4.79 Å². The van der Waals surface area contributed by atoms with E-state index in [-0.39, 0.29) is 5.91 Å². The van der Waals surface area contributed by atoms with Crippen molar-refractivity contribution < 1.29 is 9.53 Å². The standard InChI is InChI=1S/C20H17BrN2O2/c1-3-11-25-19-10-9-16(21)12-15(19)13-18-14(2)22-23(20(18)24)17-7-5-4-6-8-17/h3-10,12-13H,1,11H2,2H3/b18-13+. The summed E-state index contributed by atoms with van der Waals surface area (Å²) in [7, 11) is 0. The van der Waals surface area contributed by atoms with Crippen LogP contribution in [0.15, 0.2) is 76.3 Å². The molecular weight excluding hydrogens is 380 g/mol. The van der Waals surface area contributed by atoms with Crippen molar-refractivity contribution in [1.82, 2.24) is 0 Å². The number of nitrogens with zero attached hydrogens (tertiary/aromatic N) is 2. The van der Waals surface area contributed by atoms with E-state index in [9.17, 15) is 4.79 Å². The van der Waals surface area contributed by atoms with Gasteiger partial charge in [-0.05, 0) is 43.3 Å². The van der Waals surface area contributed by atoms with Crippen LogP contribution in [0.25, 0.3) is 6.08 Å². The lowest BCUT2D eigenvalue weighted by molar-refractivity contribution is -0.114. The van der Waals surface area contributed by atoms with Crippen LogP contribution in [0.5, 0.6) is 5.75 Å². The van der Waals surface area contributed by atoms with E-state index < -0.39 is 0 Å². The molecule has 0 fully saturated rings. The predicted octanol–water partition coefficient (Wildman–Crippen LogP) is 4.82. The Balaban J connectivity index is 1.97. The van der Waals surface area contributed by atoms with Crippen LogP contribution in [0.3, 0.4) is 0 Å². The number of amides is 1. The van der Waals surface area contributed by atoms with E-state index in [2.05, 4.69) is 27.6 Å². The first kappa shape index (κ1) is 17.2. The minimum atomic E-state index is -0.154. The molecule has 2 aromatic rings. The van der Waals surface area contributed by atoms with Crippen LogP contribution in [-0.2, 0) is 4.79 Å². The second-order valence-corrected chi connectivity index (χ2v) is 6.39. The molecule has 1 aliphatic heterocycles. The smallest absolute Gasteiger partial charge is 0.280 e. The SMILES string of the molecule is C=CCOc1ccc(Br)cc1/C=C1/C(=O)N(c2ccccc2)N=C1C. The third kappa shape index (κ3) is 3.72. The van der Waals surface area contributed by atoms with Crippen molar-refractivity contribution in [3.05, 3.63) is 76.8 Å². The summed E-state index contributed by atoms with van der Waals surface area (Å²) < 4.78 is 6.59. The lowest BCUT2D eigenvalue weighted by atomic mass is 10.1. The molecule has 0 N–H and O–H groups in total. The van der Waals surface area contributed by atoms with Gasteiger partial charge in [0.2, 0.25) is 0 Å². The number of para-hydroxylation sites is 1. The van der Waals surface area contributed by atoms with Crippen molar-refractivity contribution in [2.75, 3.05) is 11.6 Å². The summed E-state index contributed by atoms with van der Waals surface area (Å²) in [6.07, 6.45) is 3.50. The number of rotatable bonds is 5. The molecule has 1 amide bonds. The summed E-state index contributed by atoms with van der Waals surface area (Å²) in [6.45, 7) is 5.89. The van der Waals surface area contributed by atoms with Crippen molar-refractivity contribution in [3.8, 4) is 5.75 Å². The molecule has 25 heavy (non-hydrogen) atoms. The molecule has 0 aliphatic carbocycles. The molecule has 0 bridgehead atoms. The first-order valence-electron chi connectivity index (χ1n) is 7.80. The molecule has 3 rings (SSSR count). The summed E-state index contributed by atoms with van der Waals surface area (Å²) in [5, 5.41) is 5.82. The normalized spacial score (nSPS) is 15.4. The summed E-state index contributed by atoms with van der Waals surface area (Å²) in [5.41, 5.74) is 2.77. The molecule has 0 aromatic heterocycles. The molecule has 1 heterocycles. The Hall–Kier alpha value is -2.66. The number of hydrazone groups is 1. The molecule has 0 saturated heterocycles. The average molecular weight is 397 g/mol. The Kier molecular flexibility index (Phi) is 5.14. The second kappa shape index (κ2) is 7.49. The highest BCUT2D eigenvalue weighted by Gasteiger charge is 2.28. The molecule has 0 saturated carbocycles. The van der Waals surface area contributed by atoms with Gasteiger partial charge >= 0.3 is 0 Å². The summed E-state index contributed by atoms with van der Waals surface area (Å²) in [6, 6.07) is 15.0. The molecule has 2 aromatic carbocycles. The van der Waals surface area contributed by atoms with Crippen molar-refractivity contribution in [3.63, 3.8) is 0 Å². The minimum absolute atomic E-state index is 0.154. The quantitative estimate of drug-likeness (QED) is 0.536. The lowest BCUT2D eigenvalue weighted by Gasteiger charge is -2.11. The van der Waals surface area contributed by atoms with Crippen LogP contribution in [0.4, 0.5) is 5.69 Å². The van der Waals surface area contributed by atoms with Gasteiger partial charge in [-0.15, -0.1) is 0 Å². The number of hydrogen-bond donors (Lipinski definition) is 0. The van der Waals surface area contributed by atoms with E-state index in [4.69, 9.17) is 4.74 Å². The maximum Gasteiger partial charge on any atom is 0.280 e. The van der Waals surface area contributed by atoms with E-state index in [0.29, 0.717) is 23.6 Å². The van der Waals surface area contributed by atoms with E-state index >= 15 is 0 Å². The number of benzene rings is 2. The van der Waals surface area contributed by atoms with Gasteiger partial charge in [0.05, 0.1) is 17.0 Å². The molecular formula is C20H17BrN2O2. The number of hydrogen-bond acceptors (Lipinski definition) is 3. The van der Waals surface area contributed by atoms with Gasteiger partial charge in [0.1, 0.15) is 12.4 Å². The number of carbonyl (C=O) groups is 1. The number of anilines is 1. The summed E-state index contributed by atoms with van der Waals surface area (Å²) >= 11 is 3.46. The molecule has 4 nitrogen and oxygen atoms in total. The number of halogens is 1. The second-order valence-electron chi connectivity index (χ2n) is 5.48. The lowest BCUT2D eigenvalue weighted by Crippen LogP contribution is -2.21. The van der Waals surface area contributed by atoms with Crippen LogP contribution < -0.4 is 9.75 Å². The maximum atomic E-state index is 12.8. The first-order valence-corrected chi connectivity index (χ1v) is 8.59. The van der Waals surface area contributed by atoms with Crippen LogP contribution in [0, 0.1) is 0 Å². The molecule has 1 aliphatic rings. The first-order chi connectivity index (χ1) is 12.1. The van der Waals surface area contributed by atoms with Gasteiger partial charge < -0.3 is 4.74 Å². The van der Waals surface area contributed by atoms with Gasteiger partial charge in [0.15, 0.2) is 0 Å². The zero-order valence-corrected chi connectivity index (χ0v) is 15.4. The molecule has 0 spiro atoms. The van der Waals surface area contributed by atoms with E-state index in [1.54, 1.807) is 6.08 Å². The van der Waals surface area contributed by atoms with Gasteiger partial charge in [-0.25, -0.2) is 0 Å². The van der Waals surface area contributed by atoms with Crippen molar-refractivity contribution >= 4 is 39.3 Å². The topological polar surface area (TPSA) is 41.9 Å². The highest BCUT2D eigenvalue weighted by molar-refractivity contribution is 9.10. The third-order valence-electron chi connectivity index (χ3n) is 3.69. The Labute approximate surface area is 155 Å². The highest BCUT2D eigenvalue weighted by Crippen LogP contribution is 2.29. The van der Waals surface area contributed by atoms with Gasteiger partial charge in [0.25, 0.3) is 5.91 Å². The Morgan fingerprint density at radius 3 is 2.72 bits per heavy atom. The van der Waals surface area contributed by atoms with Crippen LogP contribution >= 0.6 is 15.9 Å². The fraction of sp³-hybridized carbons (Fsp3) is 0.100. The van der Waals surface area contributed by atoms with Crippen molar-refractivity contribution in [2.24, 2.45) is 5.10 Å². The predicted molar refractivity (Wildman–Crippen MR) is 105 cm³/mol. The van der Waals surface area contributed by atoms with Gasteiger partial charge in [0, 0.05) is 10.0 Å². The summed E-state index contributed by atoms with van der Waals surface area (Å²) in [5.74, 6) is 0.535. The minimum Gasteiger partial charge on any atom is -0.489 e. The van der Waals surface area contributed by atoms with Gasteiger partial charge in [-0.1, -0.05) is 46.8 Å². The van der Waals surface area contributed by atoms with Crippen molar-refractivity contribution in [1.29, 1.82) is 0 Å².